The first-order valence-corrected chi connectivity index (χ1v) is 11.1. The minimum absolute atomic E-state index is 0.00828. The molecular weight excluding hydrogens is 386 g/mol. The molecule has 2 aromatic heterocycles. The summed E-state index contributed by atoms with van der Waals surface area (Å²) in [6, 6.07) is 12.1. The number of nitrogens with one attached hydrogen (secondary N) is 1. The molecule has 1 N–H and O–H groups in total. The van der Waals surface area contributed by atoms with E-state index in [1.807, 2.05) is 43.0 Å². The molecule has 0 bridgehead atoms. The predicted molar refractivity (Wildman–Crippen MR) is 108 cm³/mol. The van der Waals surface area contributed by atoms with Crippen molar-refractivity contribution >= 4 is 40.8 Å². The lowest BCUT2D eigenvalue weighted by Crippen LogP contribution is -2.27. The third kappa shape index (κ3) is 5.33. The van der Waals surface area contributed by atoms with Gasteiger partial charge in [0.05, 0.1) is 11.4 Å². The van der Waals surface area contributed by atoms with Crippen molar-refractivity contribution in [1.82, 2.24) is 25.5 Å². The highest BCUT2D eigenvalue weighted by Crippen LogP contribution is 2.20. The number of hydrogen-bond acceptors (Lipinski definition) is 7. The fourth-order valence-corrected chi connectivity index (χ4v) is 4.65. The van der Waals surface area contributed by atoms with Crippen molar-refractivity contribution in [3.63, 3.8) is 0 Å². The highest BCUT2D eigenvalue weighted by Gasteiger charge is 2.12. The molecule has 1 aromatic carbocycles. The Bertz CT molecular complexity index is 835. The van der Waals surface area contributed by atoms with Crippen LogP contribution in [-0.4, -0.2) is 44.2 Å². The van der Waals surface area contributed by atoms with Gasteiger partial charge < -0.3 is 5.32 Å². The highest BCUT2D eigenvalue weighted by atomic mass is 32.2. The van der Waals surface area contributed by atoms with Crippen molar-refractivity contribution < 1.29 is 4.79 Å². The molecule has 136 valence electrons. The number of carbonyl (C=O) groups is 1. The standard InChI is InChI=1S/C17H19N5OS3/c1-13-5-2-3-7-15(13)22-17(19-20-21-22)26-12-16(23)18-8-10-24-11-14-6-4-9-25-14/h2-7,9H,8,10-12H2,1H3,(H,18,23). The second-order valence-electron chi connectivity index (χ2n) is 5.43. The van der Waals surface area contributed by atoms with Crippen LogP contribution in [0.2, 0.25) is 0 Å². The first-order valence-electron chi connectivity index (χ1n) is 8.08. The van der Waals surface area contributed by atoms with Gasteiger partial charge in [-0.05, 0) is 40.4 Å². The van der Waals surface area contributed by atoms with E-state index in [0.29, 0.717) is 17.5 Å². The van der Waals surface area contributed by atoms with E-state index in [-0.39, 0.29) is 5.91 Å². The van der Waals surface area contributed by atoms with Crippen LogP contribution in [0.3, 0.4) is 0 Å². The van der Waals surface area contributed by atoms with Gasteiger partial charge >= 0.3 is 0 Å². The van der Waals surface area contributed by atoms with Crippen LogP contribution >= 0.6 is 34.9 Å². The van der Waals surface area contributed by atoms with Crippen molar-refractivity contribution in [2.45, 2.75) is 17.8 Å². The van der Waals surface area contributed by atoms with Crippen LogP contribution in [0.25, 0.3) is 5.69 Å². The van der Waals surface area contributed by atoms with Crippen LogP contribution in [0.4, 0.5) is 0 Å². The minimum Gasteiger partial charge on any atom is -0.355 e. The number of thioether (sulfide) groups is 2. The van der Waals surface area contributed by atoms with Gasteiger partial charge in [0.2, 0.25) is 11.1 Å². The van der Waals surface area contributed by atoms with Crippen molar-refractivity contribution in [1.29, 1.82) is 0 Å². The maximum atomic E-state index is 12.0. The number of hydrogen-bond donors (Lipinski definition) is 1. The molecule has 0 saturated carbocycles. The number of benzene rings is 1. The third-order valence-electron chi connectivity index (χ3n) is 3.51. The molecular formula is C17H19N5OS3. The quantitative estimate of drug-likeness (QED) is 0.435. The van der Waals surface area contributed by atoms with E-state index in [0.717, 1.165) is 22.8 Å². The molecule has 0 spiro atoms. The van der Waals surface area contributed by atoms with Gasteiger partial charge in [0.15, 0.2) is 0 Å². The number of aromatic nitrogens is 4. The van der Waals surface area contributed by atoms with Crippen molar-refractivity contribution in [2.24, 2.45) is 0 Å². The van der Waals surface area contributed by atoms with Gasteiger partial charge in [-0.25, -0.2) is 0 Å². The van der Waals surface area contributed by atoms with Crippen LogP contribution in [0.5, 0.6) is 0 Å². The molecule has 26 heavy (non-hydrogen) atoms. The van der Waals surface area contributed by atoms with Gasteiger partial charge in [0.25, 0.3) is 0 Å². The van der Waals surface area contributed by atoms with Crippen LogP contribution in [0.15, 0.2) is 46.9 Å². The summed E-state index contributed by atoms with van der Waals surface area (Å²) in [7, 11) is 0. The molecule has 0 aliphatic heterocycles. The zero-order valence-electron chi connectivity index (χ0n) is 14.3. The van der Waals surface area contributed by atoms with Gasteiger partial charge in [0, 0.05) is 22.9 Å². The maximum Gasteiger partial charge on any atom is 0.230 e. The smallest absolute Gasteiger partial charge is 0.230 e. The number of thiophene rings is 1. The second-order valence-corrected chi connectivity index (χ2v) is 8.51. The molecule has 6 nitrogen and oxygen atoms in total. The Kier molecular flexibility index (Phi) is 7.10. The molecule has 0 aliphatic rings. The topological polar surface area (TPSA) is 72.7 Å². The molecule has 0 saturated heterocycles. The number of nitrogens with zero attached hydrogens (tertiary/aromatic N) is 4. The van der Waals surface area contributed by atoms with Crippen molar-refractivity contribution in [2.75, 3.05) is 18.1 Å². The Hall–Kier alpha value is -1.84. The Morgan fingerprint density at radius 1 is 1.27 bits per heavy atom. The Morgan fingerprint density at radius 3 is 2.96 bits per heavy atom. The number of amides is 1. The maximum absolute atomic E-state index is 12.0. The van der Waals surface area contributed by atoms with Gasteiger partial charge in [-0.3, -0.25) is 4.79 Å². The molecule has 0 fully saturated rings. The van der Waals surface area contributed by atoms with E-state index in [9.17, 15) is 4.79 Å². The molecule has 2 heterocycles. The van der Waals surface area contributed by atoms with Gasteiger partial charge in [-0.15, -0.1) is 16.4 Å². The summed E-state index contributed by atoms with van der Waals surface area (Å²) in [5.41, 5.74) is 2.00. The molecule has 9 heteroatoms. The number of rotatable bonds is 9. The number of aryl methyl sites for hydroxylation is 1. The van der Waals surface area contributed by atoms with E-state index >= 15 is 0 Å². The first-order chi connectivity index (χ1) is 12.7. The van der Waals surface area contributed by atoms with Crippen LogP contribution in [0.1, 0.15) is 10.4 Å². The summed E-state index contributed by atoms with van der Waals surface area (Å²) >= 11 is 4.92. The van der Waals surface area contributed by atoms with E-state index in [1.54, 1.807) is 16.0 Å². The average Bonchev–Trinajstić information content (AvgIpc) is 3.32. The fourth-order valence-electron chi connectivity index (χ4n) is 2.23. The summed E-state index contributed by atoms with van der Waals surface area (Å²) in [4.78, 5) is 13.4. The minimum atomic E-state index is -0.00828. The molecule has 1 amide bonds. The zero-order valence-corrected chi connectivity index (χ0v) is 16.7. The SMILES string of the molecule is Cc1ccccc1-n1nnnc1SCC(=O)NCCSCc1cccs1. The number of carbonyl (C=O) groups excluding carboxylic acids is 1. The van der Waals surface area contributed by atoms with Gasteiger partial charge in [-0.1, -0.05) is 36.0 Å². The fraction of sp³-hybridized carbons (Fsp3) is 0.294. The lowest BCUT2D eigenvalue weighted by atomic mass is 10.2. The van der Waals surface area contributed by atoms with E-state index < -0.39 is 0 Å². The summed E-state index contributed by atoms with van der Waals surface area (Å²) in [5, 5.41) is 17.4. The van der Waals surface area contributed by atoms with Gasteiger partial charge in [0.1, 0.15) is 0 Å². The Morgan fingerprint density at radius 2 is 2.15 bits per heavy atom. The van der Waals surface area contributed by atoms with E-state index in [1.165, 1.54) is 16.6 Å². The third-order valence-corrected chi connectivity index (χ3v) is 6.50. The van der Waals surface area contributed by atoms with Crippen LogP contribution in [0, 0.1) is 6.92 Å². The Balaban J connectivity index is 1.41. The summed E-state index contributed by atoms with van der Waals surface area (Å²) < 4.78 is 1.67. The average molecular weight is 406 g/mol. The molecule has 3 aromatic rings. The lowest BCUT2D eigenvalue weighted by molar-refractivity contribution is -0.118. The molecule has 0 aliphatic carbocycles. The molecule has 0 unspecified atom stereocenters. The largest absolute Gasteiger partial charge is 0.355 e. The van der Waals surface area contributed by atoms with Crippen LogP contribution < -0.4 is 5.32 Å². The summed E-state index contributed by atoms with van der Waals surface area (Å²) in [6.45, 7) is 2.67. The molecule has 0 radical (unpaired) electrons. The number of para-hydroxylation sites is 1. The zero-order chi connectivity index (χ0) is 18.2. The van der Waals surface area contributed by atoms with Crippen LogP contribution in [-0.2, 0) is 10.5 Å². The Labute approximate surface area is 164 Å². The molecule has 0 atom stereocenters. The predicted octanol–water partition coefficient (Wildman–Crippen LogP) is 3.17. The summed E-state index contributed by atoms with van der Waals surface area (Å²) in [6.07, 6.45) is 0. The van der Waals surface area contributed by atoms with Crippen molar-refractivity contribution in [3.8, 4) is 5.69 Å². The summed E-state index contributed by atoms with van der Waals surface area (Å²) in [5.74, 6) is 2.18. The molecule has 3 rings (SSSR count). The lowest BCUT2D eigenvalue weighted by Gasteiger charge is -2.07. The number of tetrazole rings is 1. The van der Waals surface area contributed by atoms with E-state index in [2.05, 4.69) is 38.4 Å². The monoisotopic (exact) mass is 405 g/mol. The van der Waals surface area contributed by atoms with E-state index in [4.69, 9.17) is 0 Å². The van der Waals surface area contributed by atoms with Crippen molar-refractivity contribution in [3.05, 3.63) is 52.2 Å². The van der Waals surface area contributed by atoms with Gasteiger partial charge in [-0.2, -0.15) is 16.4 Å². The highest BCUT2D eigenvalue weighted by molar-refractivity contribution is 7.99. The second kappa shape index (κ2) is 9.75. The normalized spacial score (nSPS) is 10.8. The first kappa shape index (κ1) is 18.9.